The van der Waals surface area contributed by atoms with Gasteiger partial charge in [0.15, 0.2) is 0 Å². The standard InChI is InChI=1S/2C37H24N2.C35H22N2.C33H22N2/c1-2-11-27(12-3-1)37-38-35-16-8-9-17-36(35)39(37)28-21-18-26(19-22-28)33-24-34-29-13-5-4-10-25(29)20-23-32(34)30-14-6-7-15-31(30)33;1-2-10-26(11-3-1)37-38-35-16-8-9-17-36(35)39(37)28-21-18-25(19-22-28)27-20-23-33-31-14-5-4-12-29(31)30-13-6-7-15-32(30)34(33)24-27;1-2-7-27(8-3-1)35-36-31-11-4-5-12-32(31)37(35)28-19-15-23(16-20-28)29-21-17-26-14-13-24-9-6-10-25-18-22-30(29)34(26)33(24)25;1-2-10-24(11-3-1)33-34-31-16-8-9-17-32(31)35(33)26-20-18-23(19-21-26)30-22-25-12-4-5-13-27(25)28-14-6-7-15-29(28)30/h2*1-24H;1-22H;1-22H. The van der Waals surface area contributed by atoms with Crippen LogP contribution < -0.4 is 0 Å². The van der Waals surface area contributed by atoms with E-state index in [1.807, 2.05) is 48.5 Å². The first kappa shape index (κ1) is 87.7. The molecule has 0 amide bonds. The number of para-hydroxylation sites is 8. The lowest BCUT2D eigenvalue weighted by molar-refractivity contribution is 1.10. The van der Waals surface area contributed by atoms with E-state index >= 15 is 0 Å². The minimum absolute atomic E-state index is 0.951. The van der Waals surface area contributed by atoms with Crippen LogP contribution in [0.4, 0.5) is 0 Å². The van der Waals surface area contributed by atoms with Gasteiger partial charge in [0.05, 0.1) is 44.1 Å². The molecule has 0 atom stereocenters. The second-order valence-corrected chi connectivity index (χ2v) is 38.6. The van der Waals surface area contributed by atoms with Crippen LogP contribution in [0, 0.1) is 0 Å². The van der Waals surface area contributed by atoms with Gasteiger partial charge in [-0.2, -0.15) is 0 Å². The van der Waals surface area contributed by atoms with Gasteiger partial charge in [-0.15, -0.1) is 0 Å². The van der Waals surface area contributed by atoms with Crippen molar-refractivity contribution in [1.29, 1.82) is 0 Å². The molecule has 0 fully saturated rings. The second kappa shape index (κ2) is 37.3. The summed E-state index contributed by atoms with van der Waals surface area (Å²) < 4.78 is 9.04. The molecule has 4 aromatic heterocycles. The molecule has 27 aromatic carbocycles. The number of aromatic nitrogens is 8. The Morgan fingerprint density at radius 1 is 0.120 bits per heavy atom. The van der Waals surface area contributed by atoms with Gasteiger partial charge in [-0.05, 0) is 278 Å². The molecule has 700 valence electrons. The summed E-state index contributed by atoms with van der Waals surface area (Å²) in [6.07, 6.45) is 0. The summed E-state index contributed by atoms with van der Waals surface area (Å²) in [5.41, 5.74) is 27.0. The Bertz CT molecular complexity index is 10600. The molecular weight excluding hydrogens is 1820 g/mol. The average molecular weight is 1910 g/mol. The molecule has 0 saturated heterocycles. The molecule has 0 aliphatic carbocycles. The lowest BCUT2D eigenvalue weighted by Gasteiger charge is -2.15. The molecule has 0 saturated carbocycles. The van der Waals surface area contributed by atoms with Crippen LogP contribution in [0.3, 0.4) is 0 Å². The first-order chi connectivity index (χ1) is 74.4. The van der Waals surface area contributed by atoms with Crippen LogP contribution in [0.1, 0.15) is 0 Å². The lowest BCUT2D eigenvalue weighted by Crippen LogP contribution is -1.97. The highest BCUT2D eigenvalue weighted by Gasteiger charge is 2.24. The molecule has 31 aromatic rings. The molecule has 0 N–H and O–H groups in total. The average Bonchev–Trinajstić information content (AvgIpc) is 0.797. The molecule has 0 aliphatic heterocycles. The number of fused-ring (bicyclic) bond motifs is 18. The van der Waals surface area contributed by atoms with Crippen LogP contribution in [0.5, 0.6) is 0 Å². The highest BCUT2D eigenvalue weighted by atomic mass is 15.1. The molecular formula is C142H92N8. The van der Waals surface area contributed by atoms with E-state index in [1.165, 1.54) is 163 Å². The molecule has 4 heterocycles. The summed E-state index contributed by atoms with van der Waals surface area (Å²) in [5, 5.41) is 28.5. The Balaban J connectivity index is 0.0000000961. The van der Waals surface area contributed by atoms with Gasteiger partial charge in [0.25, 0.3) is 0 Å². The van der Waals surface area contributed by atoms with Crippen molar-refractivity contribution in [2.45, 2.75) is 0 Å². The SMILES string of the molecule is c1ccc(-c2nc3ccccc3n2-c2ccc(-c3cc4c5ccccc5ccc4c4ccccc34)cc2)cc1.c1ccc(-c2nc3ccccc3n2-c2ccc(-c3cc4ccccc4c4ccccc34)cc2)cc1.c1ccc(-c2nc3ccccc3n2-c2ccc(-c3ccc4c5ccccc5c5ccccc5c4c3)cc2)cc1.c1ccc(-c2nc3ccccc3n2-c2ccc(-c3ccc4ccc5cccc6ccc3c4c56)cc2)cc1. The van der Waals surface area contributed by atoms with Crippen molar-refractivity contribution in [1.82, 2.24) is 38.2 Å². The fraction of sp³-hybridized carbons (Fsp3) is 0. The zero-order valence-corrected chi connectivity index (χ0v) is 81.7. The third-order valence-corrected chi connectivity index (χ3v) is 29.9. The van der Waals surface area contributed by atoms with Gasteiger partial charge in [-0.3, -0.25) is 18.3 Å². The van der Waals surface area contributed by atoms with E-state index in [0.29, 0.717) is 0 Å². The summed E-state index contributed by atoms with van der Waals surface area (Å²) in [5.74, 6) is 3.81. The molecule has 8 heteroatoms. The van der Waals surface area contributed by atoms with Gasteiger partial charge in [-0.1, -0.05) is 443 Å². The number of rotatable bonds is 12. The van der Waals surface area contributed by atoms with Gasteiger partial charge in [0.2, 0.25) is 0 Å². The molecule has 0 spiro atoms. The van der Waals surface area contributed by atoms with Crippen molar-refractivity contribution in [2.24, 2.45) is 0 Å². The number of nitrogens with zero attached hydrogens (tertiary/aromatic N) is 8. The molecule has 0 bridgehead atoms. The molecule has 150 heavy (non-hydrogen) atoms. The first-order valence-corrected chi connectivity index (χ1v) is 51.2. The monoisotopic (exact) mass is 1910 g/mol. The van der Waals surface area contributed by atoms with E-state index in [-0.39, 0.29) is 0 Å². The second-order valence-electron chi connectivity index (χ2n) is 38.6. The van der Waals surface area contributed by atoms with Crippen LogP contribution in [0.2, 0.25) is 0 Å². The van der Waals surface area contributed by atoms with E-state index in [0.717, 1.165) is 112 Å². The van der Waals surface area contributed by atoms with E-state index in [4.69, 9.17) is 19.9 Å². The van der Waals surface area contributed by atoms with Crippen molar-refractivity contribution >= 4 is 163 Å². The highest BCUT2D eigenvalue weighted by molar-refractivity contribution is 6.28. The van der Waals surface area contributed by atoms with Gasteiger partial charge in [-0.25, -0.2) is 19.9 Å². The topological polar surface area (TPSA) is 71.3 Å². The Morgan fingerprint density at radius 3 is 0.787 bits per heavy atom. The fourth-order valence-electron chi connectivity index (χ4n) is 22.9. The van der Waals surface area contributed by atoms with E-state index in [2.05, 4.69) is 528 Å². The maximum atomic E-state index is 5.01. The van der Waals surface area contributed by atoms with Crippen LogP contribution in [-0.4, -0.2) is 38.2 Å². The normalized spacial score (nSPS) is 11.6. The summed E-state index contributed by atoms with van der Waals surface area (Å²) in [6, 6.07) is 199. The van der Waals surface area contributed by atoms with Gasteiger partial charge >= 0.3 is 0 Å². The molecule has 8 nitrogen and oxygen atoms in total. The van der Waals surface area contributed by atoms with Crippen molar-refractivity contribution in [3.63, 3.8) is 0 Å². The van der Waals surface area contributed by atoms with Crippen molar-refractivity contribution < 1.29 is 0 Å². The smallest absolute Gasteiger partial charge is 0.145 e. The zero-order chi connectivity index (χ0) is 99.1. The number of imidazole rings is 4. The number of benzene rings is 27. The lowest BCUT2D eigenvalue weighted by atomic mass is 9.90. The fourth-order valence-corrected chi connectivity index (χ4v) is 22.9. The molecule has 31 rings (SSSR count). The van der Waals surface area contributed by atoms with Crippen LogP contribution in [0.25, 0.3) is 275 Å². The predicted octanol–water partition coefficient (Wildman–Crippen LogP) is 37.6. The Morgan fingerprint density at radius 2 is 0.373 bits per heavy atom. The Hall–Kier alpha value is -20.1. The third kappa shape index (κ3) is 15.5. The minimum Gasteiger partial charge on any atom is -0.292 e. The van der Waals surface area contributed by atoms with Gasteiger partial charge in [0.1, 0.15) is 23.3 Å². The van der Waals surface area contributed by atoms with Crippen LogP contribution >= 0.6 is 0 Å². The maximum Gasteiger partial charge on any atom is 0.145 e. The number of hydrogen-bond acceptors (Lipinski definition) is 4. The van der Waals surface area contributed by atoms with Crippen molar-refractivity contribution in [2.75, 3.05) is 0 Å². The van der Waals surface area contributed by atoms with Crippen molar-refractivity contribution in [3.8, 4) is 113 Å². The minimum atomic E-state index is 0.951. The van der Waals surface area contributed by atoms with Crippen molar-refractivity contribution in [3.05, 3.63) is 558 Å². The van der Waals surface area contributed by atoms with Gasteiger partial charge in [0, 0.05) is 45.0 Å². The van der Waals surface area contributed by atoms with Gasteiger partial charge < -0.3 is 0 Å². The summed E-state index contributed by atoms with van der Waals surface area (Å²) in [7, 11) is 0. The highest BCUT2D eigenvalue weighted by Crippen LogP contribution is 2.46. The Labute approximate surface area is 865 Å². The van der Waals surface area contributed by atoms with E-state index in [1.54, 1.807) is 0 Å². The van der Waals surface area contributed by atoms with Crippen LogP contribution in [-0.2, 0) is 0 Å². The Kier molecular flexibility index (Phi) is 21.8. The third-order valence-electron chi connectivity index (χ3n) is 29.9. The maximum absolute atomic E-state index is 5.01. The summed E-state index contributed by atoms with van der Waals surface area (Å²) in [6.45, 7) is 0. The summed E-state index contributed by atoms with van der Waals surface area (Å²) in [4.78, 5) is 20.0. The predicted molar refractivity (Wildman–Crippen MR) is 632 cm³/mol. The number of hydrogen-bond donors (Lipinski definition) is 0. The summed E-state index contributed by atoms with van der Waals surface area (Å²) >= 11 is 0. The molecule has 0 radical (unpaired) electrons. The molecule has 0 aliphatic rings. The van der Waals surface area contributed by atoms with Crippen LogP contribution in [0.15, 0.2) is 558 Å². The van der Waals surface area contributed by atoms with E-state index in [9.17, 15) is 0 Å². The largest absolute Gasteiger partial charge is 0.292 e. The first-order valence-electron chi connectivity index (χ1n) is 51.2. The van der Waals surface area contributed by atoms with E-state index < -0.39 is 0 Å². The zero-order valence-electron chi connectivity index (χ0n) is 81.7. The molecule has 0 unspecified atom stereocenters. The quantitative estimate of drug-likeness (QED) is 0.114.